The van der Waals surface area contributed by atoms with Crippen LogP contribution in [0.4, 0.5) is 32.0 Å². The van der Waals surface area contributed by atoms with Crippen LogP contribution in [0.15, 0.2) is 106 Å². The fourth-order valence-corrected chi connectivity index (χ4v) is 9.59. The zero-order chi connectivity index (χ0) is 50.4. The summed E-state index contributed by atoms with van der Waals surface area (Å²) in [6, 6.07) is 25.2. The summed E-state index contributed by atoms with van der Waals surface area (Å²) in [5, 5.41) is 4.85. The molecule has 71 heavy (non-hydrogen) atoms. The molecule has 0 saturated carbocycles. The molecular weight excluding hydrogens is 1170 g/mol. The summed E-state index contributed by atoms with van der Waals surface area (Å²) in [5.74, 6) is 1.71. The Morgan fingerprint density at radius 3 is 1.59 bits per heavy atom. The number of benzene rings is 4. The number of hydrogen-bond donors (Lipinski definition) is 1. The van der Waals surface area contributed by atoms with Gasteiger partial charge in [0.1, 0.15) is 11.5 Å². The number of alkyl halides is 6. The van der Waals surface area contributed by atoms with Crippen molar-refractivity contribution in [1.29, 1.82) is 0 Å². The number of anilines is 1. The molecule has 0 radical (unpaired) electrons. The first-order valence-electron chi connectivity index (χ1n) is 23.3. The second kappa shape index (κ2) is 32.2. The summed E-state index contributed by atoms with van der Waals surface area (Å²) in [5.41, 5.74) is -0.150. The van der Waals surface area contributed by atoms with Crippen LogP contribution in [0.3, 0.4) is 0 Å². The number of piperidine rings is 2. The van der Waals surface area contributed by atoms with Gasteiger partial charge in [0.05, 0.1) is 49.8 Å². The Kier molecular flexibility index (Phi) is 27.8. The van der Waals surface area contributed by atoms with Crippen molar-refractivity contribution in [1.82, 2.24) is 15.1 Å². The summed E-state index contributed by atoms with van der Waals surface area (Å²) in [7, 11) is 2.50. The van der Waals surface area contributed by atoms with Crippen LogP contribution in [0.2, 0.25) is 10.0 Å². The molecule has 4 aromatic carbocycles. The van der Waals surface area contributed by atoms with E-state index in [-0.39, 0.29) is 19.6 Å². The number of likely N-dealkylation sites (tertiary alicyclic amines) is 2. The van der Waals surface area contributed by atoms with Gasteiger partial charge in [0.2, 0.25) is 0 Å². The van der Waals surface area contributed by atoms with Gasteiger partial charge in [0, 0.05) is 84.4 Å². The molecule has 1 N–H and O–H groups in total. The Bertz CT molecular complexity index is 2090. The third kappa shape index (κ3) is 23.5. The molecule has 5 unspecified atom stereocenters. The quantitative estimate of drug-likeness (QED) is 0.0651. The van der Waals surface area contributed by atoms with Crippen LogP contribution in [-0.4, -0.2) is 125 Å². The van der Waals surface area contributed by atoms with Gasteiger partial charge in [-0.1, -0.05) is 46.6 Å². The number of rotatable bonds is 12. The minimum absolute atomic E-state index is 0. The molecule has 5 atom stereocenters. The zero-order valence-corrected chi connectivity index (χ0v) is 45.2. The van der Waals surface area contributed by atoms with E-state index in [0.29, 0.717) is 43.2 Å². The van der Waals surface area contributed by atoms with Crippen molar-refractivity contribution in [3.05, 3.63) is 123 Å². The van der Waals surface area contributed by atoms with E-state index in [1.807, 2.05) is 48.5 Å². The van der Waals surface area contributed by atoms with Gasteiger partial charge in [0.15, 0.2) is 0 Å². The fraction of sp³-hybridized carbons (Fsp3) is 0.520. The van der Waals surface area contributed by atoms with Crippen LogP contribution in [-0.2, 0) is 21.8 Å². The number of nitrogens with one attached hydrogen (secondary N) is 1. The van der Waals surface area contributed by atoms with Gasteiger partial charge in [-0.05, 0) is 136 Å². The van der Waals surface area contributed by atoms with Crippen LogP contribution in [0.25, 0.3) is 0 Å². The van der Waals surface area contributed by atoms with Gasteiger partial charge in [-0.25, -0.2) is 0 Å². The van der Waals surface area contributed by atoms with E-state index in [2.05, 4.69) is 72.5 Å². The number of nitrogens with zero attached hydrogens (tertiary/aromatic N) is 4. The first kappa shape index (κ1) is 61.3. The maximum atomic E-state index is 12.7. The summed E-state index contributed by atoms with van der Waals surface area (Å²) in [4.78, 5) is 12.7. The van der Waals surface area contributed by atoms with Gasteiger partial charge in [-0.3, -0.25) is 0 Å². The third-order valence-corrected chi connectivity index (χ3v) is 13.4. The molecule has 0 bridgehead atoms. The summed E-state index contributed by atoms with van der Waals surface area (Å²) < 4.78 is 100. The maximum absolute atomic E-state index is 12.7. The monoisotopic (exact) mass is 1230 g/mol. The van der Waals surface area contributed by atoms with Crippen LogP contribution >= 0.6 is 70.7 Å². The second-order valence-electron chi connectivity index (χ2n) is 17.2. The molecule has 4 saturated heterocycles. The topological polar surface area (TPSA) is 71.0 Å². The molecular formula is C50H65BBrCl2F6IN5O4P. The summed E-state index contributed by atoms with van der Waals surface area (Å²) >= 11 is 17.0. The summed E-state index contributed by atoms with van der Waals surface area (Å²) in [6.07, 6.45) is -3.11. The van der Waals surface area contributed by atoms with Crippen LogP contribution in [0.5, 0.6) is 11.5 Å². The van der Waals surface area contributed by atoms with Crippen molar-refractivity contribution < 1.29 is 45.3 Å². The molecule has 4 heterocycles. The van der Waals surface area contributed by atoms with Crippen molar-refractivity contribution in [3.8, 4) is 11.5 Å². The normalized spacial score (nSPS) is 20.9. The van der Waals surface area contributed by atoms with Crippen molar-refractivity contribution >= 4 is 81.4 Å². The van der Waals surface area contributed by atoms with Crippen molar-refractivity contribution in [3.63, 3.8) is 0 Å². The van der Waals surface area contributed by atoms with Gasteiger partial charge >= 0.3 is 60.1 Å². The van der Waals surface area contributed by atoms with Gasteiger partial charge in [-0.15, -0.1) is 0 Å². The fourth-order valence-electron chi connectivity index (χ4n) is 8.31. The molecule has 0 aromatic heterocycles. The minimum atomic E-state index is -4.33. The van der Waals surface area contributed by atoms with E-state index in [4.69, 9.17) is 42.1 Å². The van der Waals surface area contributed by atoms with E-state index in [1.54, 1.807) is 4.93 Å². The Labute approximate surface area is 450 Å². The molecule has 4 aliphatic rings. The third-order valence-electron chi connectivity index (χ3n) is 11.8. The van der Waals surface area contributed by atoms with Gasteiger partial charge in [-0.2, -0.15) is 26.3 Å². The first-order chi connectivity index (χ1) is 33.6. The van der Waals surface area contributed by atoms with Crippen molar-refractivity contribution in [2.75, 3.05) is 103 Å². The Hall–Kier alpha value is -2.26. The molecule has 8 rings (SSSR count). The van der Waals surface area contributed by atoms with Crippen LogP contribution < -0.4 is 19.7 Å². The van der Waals surface area contributed by atoms with Crippen LogP contribution in [0.1, 0.15) is 44.2 Å². The number of morpholine rings is 2. The molecule has 0 spiro atoms. The Morgan fingerprint density at radius 2 is 1.17 bits per heavy atom. The summed E-state index contributed by atoms with van der Waals surface area (Å²) in [6.45, 7) is 11.7. The van der Waals surface area contributed by atoms with Gasteiger partial charge in [0.25, 0.3) is 0 Å². The SMILES string of the molecule is C.Clc1ccc(Br)cc1.FC(F)(F)c1ccc(OCC2CCCN(CC3CN(c4ccc(Cl)cc4)CCO3)C2)cc1.FC(F)(F)c1ccc(OCC2CCCN(CC3CNCCO3)C2)cc1.PCN=BI. The van der Waals surface area contributed by atoms with Crippen molar-refractivity contribution in [2.45, 2.75) is 57.7 Å². The molecule has 0 amide bonds. The van der Waals surface area contributed by atoms with Gasteiger partial charge < -0.3 is 39.0 Å². The van der Waals surface area contributed by atoms with E-state index in [1.165, 1.54) is 24.3 Å². The molecule has 0 aliphatic carbocycles. The molecule has 21 heteroatoms. The molecule has 9 nitrogen and oxygen atoms in total. The van der Waals surface area contributed by atoms with E-state index >= 15 is 0 Å². The van der Waals surface area contributed by atoms with E-state index in [0.717, 1.165) is 148 Å². The average Bonchev–Trinajstić information content (AvgIpc) is 3.35. The zero-order valence-electron chi connectivity index (χ0n) is 38.8. The number of hydrogen-bond acceptors (Lipinski definition) is 9. The van der Waals surface area contributed by atoms with E-state index in [9.17, 15) is 26.3 Å². The predicted molar refractivity (Wildman–Crippen MR) is 291 cm³/mol. The first-order valence-corrected chi connectivity index (χ1v) is 26.9. The molecule has 4 aromatic rings. The predicted octanol–water partition coefficient (Wildman–Crippen LogP) is 12.9. The molecule has 4 fully saturated rings. The second-order valence-corrected chi connectivity index (χ2v) is 19.9. The van der Waals surface area contributed by atoms with Crippen LogP contribution in [0, 0.1) is 11.8 Å². The van der Waals surface area contributed by atoms with E-state index < -0.39 is 23.5 Å². The Balaban J connectivity index is 0.000000247. The number of ether oxygens (including phenoxy) is 4. The standard InChI is InChI=1S/C24H28ClF3N2O2.C18H25F3N2O2.C6H4BrCl.CH4BINP.CH4/c25-20-5-7-21(8-6-20)30-12-13-31-23(16-30)15-29-11-1-2-18(14-29)17-32-22-9-3-19(4-10-22)24(26,27)28;19-18(20,21)15-3-5-16(6-4-15)25-13-14-2-1-8-23(11-14)12-17-10-22-7-9-24-17;7-5-1-3-6(8)4-2-5;3-2-4-1-5;/h3-10,18,23H,1-2,11-17H2;3-6,14,17,22H,1-2,7-13H2;1-4H;1,5H2;1H4. The van der Waals surface area contributed by atoms with Crippen molar-refractivity contribution in [2.24, 2.45) is 16.7 Å². The molecule has 4 aliphatic heterocycles. The Morgan fingerprint density at radius 1 is 0.690 bits per heavy atom. The molecule has 392 valence electrons. The average molecular weight is 1230 g/mol. The number of halogens is 10.